The number of rotatable bonds is 5. The first kappa shape index (κ1) is 14.8. The van der Waals surface area contributed by atoms with Crippen LogP contribution in [0.2, 0.25) is 0 Å². The van der Waals surface area contributed by atoms with Crippen molar-refractivity contribution >= 4 is 23.4 Å². The van der Waals surface area contributed by atoms with Gasteiger partial charge in [-0.2, -0.15) is 0 Å². The molecule has 1 aromatic rings. The summed E-state index contributed by atoms with van der Waals surface area (Å²) in [5, 5.41) is 14.1. The predicted octanol–water partition coefficient (Wildman–Crippen LogP) is 1.89. The lowest BCUT2D eigenvalue weighted by atomic mass is 9.99. The Hall–Kier alpha value is -2.24. The number of carboxylic acids is 1. The van der Waals surface area contributed by atoms with Crippen molar-refractivity contribution in [2.45, 2.75) is 26.3 Å². The number of carboxylic acid groups (broad SMARTS) is 1. The number of para-hydroxylation sites is 2. The van der Waals surface area contributed by atoms with Crippen LogP contribution in [-0.4, -0.2) is 23.1 Å². The van der Waals surface area contributed by atoms with Gasteiger partial charge in [-0.25, -0.2) is 9.59 Å². The first-order valence-corrected chi connectivity index (χ1v) is 6.10. The second-order valence-electron chi connectivity index (χ2n) is 4.39. The fraction of sp³-hybridized carbons (Fsp3) is 0.385. The lowest BCUT2D eigenvalue weighted by molar-refractivity contribution is -0.140. The molecule has 19 heavy (non-hydrogen) atoms. The maximum absolute atomic E-state index is 11.8. The van der Waals surface area contributed by atoms with E-state index in [1.165, 1.54) is 0 Å². The summed E-state index contributed by atoms with van der Waals surface area (Å²) in [7, 11) is 0. The van der Waals surface area contributed by atoms with Crippen LogP contribution in [0.3, 0.4) is 0 Å². The van der Waals surface area contributed by atoms with Crippen molar-refractivity contribution in [3.63, 3.8) is 0 Å². The van der Waals surface area contributed by atoms with Crippen LogP contribution >= 0.6 is 0 Å². The third-order valence-corrected chi connectivity index (χ3v) is 2.97. The molecular weight excluding hydrogens is 246 g/mol. The highest BCUT2D eigenvalue weighted by Crippen LogP contribution is 2.16. The Kier molecular flexibility index (Phi) is 5.17. The van der Waals surface area contributed by atoms with Crippen LogP contribution in [0.15, 0.2) is 24.3 Å². The SMILES string of the molecule is CCC(C)[C@H](NC(=O)Nc1ccccc1N)C(=O)O. The molecule has 0 saturated heterocycles. The summed E-state index contributed by atoms with van der Waals surface area (Å²) >= 11 is 0. The number of anilines is 2. The first-order valence-electron chi connectivity index (χ1n) is 6.10. The third-order valence-electron chi connectivity index (χ3n) is 2.97. The Balaban J connectivity index is 2.68. The molecule has 5 N–H and O–H groups in total. The van der Waals surface area contributed by atoms with Gasteiger partial charge in [-0.1, -0.05) is 32.4 Å². The van der Waals surface area contributed by atoms with Crippen LogP contribution in [0.1, 0.15) is 20.3 Å². The molecule has 1 rings (SSSR count). The van der Waals surface area contributed by atoms with Gasteiger partial charge in [0.25, 0.3) is 0 Å². The zero-order valence-corrected chi connectivity index (χ0v) is 11.0. The minimum absolute atomic E-state index is 0.156. The molecular formula is C13H19N3O3. The lowest BCUT2D eigenvalue weighted by Gasteiger charge is -2.20. The maximum Gasteiger partial charge on any atom is 0.326 e. The molecule has 6 nitrogen and oxygen atoms in total. The number of carbonyl (C=O) groups excluding carboxylic acids is 1. The van der Waals surface area contributed by atoms with Crippen LogP contribution in [0, 0.1) is 5.92 Å². The summed E-state index contributed by atoms with van der Waals surface area (Å²) < 4.78 is 0. The van der Waals surface area contributed by atoms with Crippen molar-refractivity contribution in [2.75, 3.05) is 11.1 Å². The van der Waals surface area contributed by atoms with E-state index in [9.17, 15) is 9.59 Å². The van der Waals surface area contributed by atoms with Crippen LogP contribution in [0.5, 0.6) is 0 Å². The number of nitrogens with two attached hydrogens (primary N) is 1. The number of benzene rings is 1. The number of hydrogen-bond acceptors (Lipinski definition) is 3. The smallest absolute Gasteiger partial charge is 0.326 e. The normalized spacial score (nSPS) is 13.4. The number of nitrogens with one attached hydrogen (secondary N) is 2. The van der Waals surface area contributed by atoms with Crippen molar-refractivity contribution in [2.24, 2.45) is 5.92 Å². The Bertz CT molecular complexity index is 462. The zero-order valence-electron chi connectivity index (χ0n) is 11.0. The van der Waals surface area contributed by atoms with Gasteiger partial charge < -0.3 is 21.5 Å². The molecule has 0 aliphatic heterocycles. The van der Waals surface area contributed by atoms with E-state index in [2.05, 4.69) is 10.6 Å². The van der Waals surface area contributed by atoms with Crippen molar-refractivity contribution < 1.29 is 14.7 Å². The molecule has 0 heterocycles. The first-order chi connectivity index (χ1) is 8.95. The fourth-order valence-electron chi connectivity index (χ4n) is 1.59. The molecule has 0 aliphatic carbocycles. The van der Waals surface area contributed by atoms with E-state index in [0.717, 1.165) is 0 Å². The van der Waals surface area contributed by atoms with Crippen LogP contribution in [-0.2, 0) is 4.79 Å². The van der Waals surface area contributed by atoms with Gasteiger partial charge in [0.05, 0.1) is 11.4 Å². The molecule has 2 atom stereocenters. The van der Waals surface area contributed by atoms with E-state index in [4.69, 9.17) is 10.8 Å². The number of urea groups is 1. The van der Waals surface area contributed by atoms with Crippen LogP contribution in [0.4, 0.5) is 16.2 Å². The maximum atomic E-state index is 11.8. The average molecular weight is 265 g/mol. The molecule has 0 saturated carbocycles. The molecule has 0 radical (unpaired) electrons. The molecule has 1 aromatic carbocycles. The molecule has 0 bridgehead atoms. The predicted molar refractivity (Wildman–Crippen MR) is 73.9 cm³/mol. The van der Waals surface area contributed by atoms with E-state index in [1.54, 1.807) is 31.2 Å². The Labute approximate surface area is 112 Å². The summed E-state index contributed by atoms with van der Waals surface area (Å²) in [4.78, 5) is 22.8. The number of aliphatic carboxylic acids is 1. The molecule has 104 valence electrons. The second kappa shape index (κ2) is 6.63. The van der Waals surface area contributed by atoms with Gasteiger partial charge in [-0.05, 0) is 18.1 Å². The summed E-state index contributed by atoms with van der Waals surface area (Å²) in [5.74, 6) is -1.21. The van der Waals surface area contributed by atoms with Gasteiger partial charge in [0.15, 0.2) is 0 Å². The van der Waals surface area contributed by atoms with Crippen LogP contribution in [0.25, 0.3) is 0 Å². The standard InChI is InChI=1S/C13H19N3O3/c1-3-8(2)11(12(17)18)16-13(19)15-10-7-5-4-6-9(10)14/h4-8,11H,3,14H2,1-2H3,(H,17,18)(H2,15,16,19)/t8?,11-/m0/s1. The van der Waals surface area contributed by atoms with E-state index < -0.39 is 18.0 Å². The van der Waals surface area contributed by atoms with E-state index in [0.29, 0.717) is 17.8 Å². The van der Waals surface area contributed by atoms with Crippen LogP contribution < -0.4 is 16.4 Å². The summed E-state index contributed by atoms with van der Waals surface area (Å²) in [6.45, 7) is 3.64. The number of carbonyl (C=O) groups is 2. The fourth-order valence-corrected chi connectivity index (χ4v) is 1.59. The molecule has 0 spiro atoms. The van der Waals surface area contributed by atoms with E-state index in [1.807, 2.05) is 6.92 Å². The Morgan fingerprint density at radius 3 is 2.53 bits per heavy atom. The largest absolute Gasteiger partial charge is 0.480 e. The van der Waals surface area contributed by atoms with Crippen molar-refractivity contribution in [1.29, 1.82) is 0 Å². The molecule has 6 heteroatoms. The third kappa shape index (κ3) is 4.17. The highest BCUT2D eigenvalue weighted by atomic mass is 16.4. The average Bonchev–Trinajstić information content (AvgIpc) is 2.37. The number of hydrogen-bond donors (Lipinski definition) is 4. The molecule has 2 amide bonds. The summed E-state index contributed by atoms with van der Waals surface area (Å²) in [5.41, 5.74) is 6.56. The minimum atomic E-state index is -1.05. The van der Waals surface area contributed by atoms with Gasteiger partial charge in [0.2, 0.25) is 0 Å². The number of amides is 2. The van der Waals surface area contributed by atoms with Gasteiger partial charge in [-0.3, -0.25) is 0 Å². The Morgan fingerprint density at radius 1 is 1.37 bits per heavy atom. The van der Waals surface area contributed by atoms with Gasteiger partial charge >= 0.3 is 12.0 Å². The summed E-state index contributed by atoms with van der Waals surface area (Å²) in [6, 6.07) is 5.28. The zero-order chi connectivity index (χ0) is 14.4. The van der Waals surface area contributed by atoms with Gasteiger partial charge in [0, 0.05) is 0 Å². The van der Waals surface area contributed by atoms with Crippen molar-refractivity contribution in [3.8, 4) is 0 Å². The van der Waals surface area contributed by atoms with Gasteiger partial charge in [-0.15, -0.1) is 0 Å². The molecule has 0 aromatic heterocycles. The monoisotopic (exact) mass is 265 g/mol. The Morgan fingerprint density at radius 2 is 2.00 bits per heavy atom. The topological polar surface area (TPSA) is 104 Å². The number of nitrogen functional groups attached to an aromatic ring is 1. The van der Waals surface area contributed by atoms with E-state index >= 15 is 0 Å². The minimum Gasteiger partial charge on any atom is -0.480 e. The molecule has 0 aliphatic rings. The molecule has 0 fully saturated rings. The van der Waals surface area contributed by atoms with Crippen molar-refractivity contribution in [1.82, 2.24) is 5.32 Å². The van der Waals surface area contributed by atoms with E-state index in [-0.39, 0.29) is 5.92 Å². The highest BCUT2D eigenvalue weighted by molar-refractivity contribution is 5.94. The molecule has 1 unspecified atom stereocenters. The van der Waals surface area contributed by atoms with Crippen molar-refractivity contribution in [3.05, 3.63) is 24.3 Å². The highest BCUT2D eigenvalue weighted by Gasteiger charge is 2.25. The van der Waals surface area contributed by atoms with Gasteiger partial charge in [0.1, 0.15) is 6.04 Å². The lowest BCUT2D eigenvalue weighted by Crippen LogP contribution is -2.46. The quantitative estimate of drug-likeness (QED) is 0.610. The second-order valence-corrected chi connectivity index (χ2v) is 4.39. The summed E-state index contributed by atoms with van der Waals surface area (Å²) in [6.07, 6.45) is 0.657.